The van der Waals surface area contributed by atoms with E-state index in [0.29, 0.717) is 32.2 Å². The number of benzene rings is 2. The van der Waals surface area contributed by atoms with Gasteiger partial charge in [0.25, 0.3) is 0 Å². The fourth-order valence-electron chi connectivity index (χ4n) is 4.89. The topological polar surface area (TPSA) is 146 Å². The predicted molar refractivity (Wildman–Crippen MR) is 178 cm³/mol. The van der Waals surface area contributed by atoms with Gasteiger partial charge in [-0.2, -0.15) is 0 Å². The Bertz CT molecular complexity index is 1460. The van der Waals surface area contributed by atoms with Gasteiger partial charge in [0, 0.05) is 43.0 Å². The summed E-state index contributed by atoms with van der Waals surface area (Å²) < 4.78 is 5.45. The largest absolute Gasteiger partial charge is 0.444 e. The normalized spacial score (nSPS) is 12.8. The number of nitrogens with one attached hydrogen (secondary N) is 3. The van der Waals surface area contributed by atoms with E-state index in [9.17, 15) is 19.5 Å². The molecule has 0 radical (unpaired) electrons. The number of alkyl carbamates (subject to hydrolysis) is 1. The molecule has 0 bridgehead atoms. The van der Waals surface area contributed by atoms with Crippen LogP contribution in [-0.2, 0) is 35.5 Å². The Morgan fingerprint density at radius 3 is 1.91 bits per heavy atom. The maximum Gasteiger partial charge on any atom is 0.407 e. The van der Waals surface area contributed by atoms with Crippen LogP contribution in [0, 0.1) is 0 Å². The standard InChI is InChI=1S/C33H40N6O5S2/c1-39(20-28-18-34-22-45-28)32(42)38-30(14-15-40)31(41)36-26(16-24-8-4-2-5-9-24)12-13-27(17-25-10-6-3-7-11-25)37-33(43)44-21-29-19-35-23-46-29/h2-11,18-19,22-23,26-27,30,40H,12-17,20-21H2,1H3,(H,36,41)(H,37,43)(H,38,42). The second-order valence-electron chi connectivity index (χ2n) is 10.9. The Balaban J connectivity index is 1.42. The lowest BCUT2D eigenvalue weighted by atomic mass is 9.95. The first kappa shape index (κ1) is 34.5. The van der Waals surface area contributed by atoms with Crippen molar-refractivity contribution in [2.24, 2.45) is 0 Å². The molecule has 13 heteroatoms. The van der Waals surface area contributed by atoms with Gasteiger partial charge in [0.05, 0.1) is 22.4 Å². The van der Waals surface area contributed by atoms with Crippen molar-refractivity contribution in [1.29, 1.82) is 0 Å². The highest BCUT2D eigenvalue weighted by atomic mass is 32.1. The average molecular weight is 665 g/mol. The number of aliphatic hydroxyl groups excluding tert-OH is 1. The second-order valence-corrected chi connectivity index (χ2v) is 12.8. The van der Waals surface area contributed by atoms with Crippen LogP contribution in [0.1, 0.15) is 40.1 Å². The summed E-state index contributed by atoms with van der Waals surface area (Å²) in [4.78, 5) is 50.6. The van der Waals surface area contributed by atoms with Crippen molar-refractivity contribution in [1.82, 2.24) is 30.8 Å². The number of carbonyl (C=O) groups excluding carboxylic acids is 3. The first-order valence-electron chi connectivity index (χ1n) is 15.1. The number of hydrogen-bond acceptors (Lipinski definition) is 9. The summed E-state index contributed by atoms with van der Waals surface area (Å²) in [6, 6.07) is 17.8. The Hall–Kier alpha value is -4.33. The zero-order valence-corrected chi connectivity index (χ0v) is 27.3. The number of amides is 4. The molecule has 4 aromatic rings. The number of carbonyl (C=O) groups is 3. The fourth-order valence-corrected chi connectivity index (χ4v) is 6.05. The molecule has 3 unspecified atom stereocenters. The van der Waals surface area contributed by atoms with Gasteiger partial charge in [0.15, 0.2) is 0 Å². The molecule has 0 fully saturated rings. The van der Waals surface area contributed by atoms with Crippen molar-refractivity contribution >= 4 is 40.7 Å². The van der Waals surface area contributed by atoms with Crippen molar-refractivity contribution in [2.45, 2.75) is 63.4 Å². The summed E-state index contributed by atoms with van der Waals surface area (Å²) in [5.41, 5.74) is 5.48. The minimum Gasteiger partial charge on any atom is -0.444 e. The highest BCUT2D eigenvalue weighted by molar-refractivity contribution is 7.09. The maximum absolute atomic E-state index is 13.6. The third-order valence-electron chi connectivity index (χ3n) is 7.27. The van der Waals surface area contributed by atoms with E-state index in [1.165, 1.54) is 27.6 Å². The molecule has 0 saturated carbocycles. The van der Waals surface area contributed by atoms with Gasteiger partial charge in [0.2, 0.25) is 5.91 Å². The van der Waals surface area contributed by atoms with E-state index in [2.05, 4.69) is 25.9 Å². The van der Waals surface area contributed by atoms with E-state index in [4.69, 9.17) is 4.74 Å². The van der Waals surface area contributed by atoms with Crippen LogP contribution in [0.25, 0.3) is 0 Å². The summed E-state index contributed by atoms with van der Waals surface area (Å²) in [6.07, 6.45) is 5.13. The number of urea groups is 1. The van der Waals surface area contributed by atoms with E-state index in [-0.39, 0.29) is 37.6 Å². The van der Waals surface area contributed by atoms with E-state index >= 15 is 0 Å². The SMILES string of the molecule is CN(Cc1cncs1)C(=O)NC(CCO)C(=O)NC(CCC(Cc1ccccc1)NC(=O)OCc1cncs1)Cc1ccccc1. The Morgan fingerprint density at radius 2 is 1.37 bits per heavy atom. The van der Waals surface area contributed by atoms with Gasteiger partial charge in [-0.05, 0) is 43.2 Å². The number of nitrogens with zero attached hydrogens (tertiary/aromatic N) is 3. The lowest BCUT2D eigenvalue weighted by Crippen LogP contribution is -2.53. The molecule has 4 N–H and O–H groups in total. The van der Waals surface area contributed by atoms with Crippen molar-refractivity contribution in [3.63, 3.8) is 0 Å². The van der Waals surface area contributed by atoms with Crippen molar-refractivity contribution in [2.75, 3.05) is 13.7 Å². The number of aromatic nitrogens is 2. The van der Waals surface area contributed by atoms with Crippen molar-refractivity contribution in [3.05, 3.63) is 105 Å². The summed E-state index contributed by atoms with van der Waals surface area (Å²) >= 11 is 2.85. The van der Waals surface area contributed by atoms with Crippen LogP contribution >= 0.6 is 22.7 Å². The first-order chi connectivity index (χ1) is 22.4. The van der Waals surface area contributed by atoms with Crippen LogP contribution in [0.4, 0.5) is 9.59 Å². The molecule has 244 valence electrons. The Labute approximate surface area is 277 Å². The smallest absolute Gasteiger partial charge is 0.407 e. The van der Waals surface area contributed by atoms with E-state index < -0.39 is 18.2 Å². The molecule has 0 saturated heterocycles. The van der Waals surface area contributed by atoms with Crippen LogP contribution in [0.15, 0.2) is 84.1 Å². The molecule has 0 spiro atoms. The van der Waals surface area contributed by atoms with Gasteiger partial charge < -0.3 is 30.7 Å². The summed E-state index contributed by atoms with van der Waals surface area (Å²) in [5.74, 6) is -0.383. The molecular formula is C33H40N6O5S2. The van der Waals surface area contributed by atoms with Gasteiger partial charge in [-0.3, -0.25) is 14.8 Å². The fraction of sp³-hybridized carbons (Fsp3) is 0.364. The quantitative estimate of drug-likeness (QED) is 0.130. The monoisotopic (exact) mass is 664 g/mol. The molecule has 46 heavy (non-hydrogen) atoms. The second kappa shape index (κ2) is 18.6. The molecule has 2 heterocycles. The molecule has 2 aromatic carbocycles. The van der Waals surface area contributed by atoms with Gasteiger partial charge in [-0.15, -0.1) is 22.7 Å². The van der Waals surface area contributed by atoms with Crippen LogP contribution in [0.5, 0.6) is 0 Å². The molecular weight excluding hydrogens is 625 g/mol. The number of ether oxygens (including phenoxy) is 1. The van der Waals surface area contributed by atoms with Gasteiger partial charge in [-0.25, -0.2) is 9.59 Å². The average Bonchev–Trinajstić information content (AvgIpc) is 3.78. The lowest BCUT2D eigenvalue weighted by molar-refractivity contribution is -0.124. The summed E-state index contributed by atoms with van der Waals surface area (Å²) in [7, 11) is 1.64. The van der Waals surface area contributed by atoms with Crippen molar-refractivity contribution < 1.29 is 24.2 Å². The predicted octanol–water partition coefficient (Wildman–Crippen LogP) is 4.54. The molecule has 0 aliphatic rings. The van der Waals surface area contributed by atoms with Crippen LogP contribution < -0.4 is 16.0 Å². The first-order valence-corrected chi connectivity index (χ1v) is 16.8. The number of hydrogen-bond donors (Lipinski definition) is 4. The summed E-state index contributed by atoms with van der Waals surface area (Å²) in [6.45, 7) is 0.217. The molecule has 0 aliphatic carbocycles. The Kier molecular flexibility index (Phi) is 14.0. The van der Waals surface area contributed by atoms with Crippen LogP contribution in [0.2, 0.25) is 0 Å². The number of rotatable bonds is 17. The van der Waals surface area contributed by atoms with Gasteiger partial charge in [0.1, 0.15) is 12.6 Å². The van der Waals surface area contributed by atoms with Gasteiger partial charge >= 0.3 is 12.1 Å². The third-order valence-corrected chi connectivity index (χ3v) is 8.78. The van der Waals surface area contributed by atoms with Crippen LogP contribution in [-0.4, -0.2) is 69.8 Å². The zero-order chi connectivity index (χ0) is 32.6. The minimum absolute atomic E-state index is 0.0633. The van der Waals surface area contributed by atoms with Gasteiger partial charge in [-0.1, -0.05) is 60.7 Å². The number of thiazole rings is 2. The van der Waals surface area contributed by atoms with E-state index in [1.54, 1.807) is 30.5 Å². The number of aliphatic hydroxyl groups is 1. The molecule has 2 aromatic heterocycles. The summed E-state index contributed by atoms with van der Waals surface area (Å²) in [5, 5.41) is 18.6. The Morgan fingerprint density at radius 1 is 0.804 bits per heavy atom. The molecule has 11 nitrogen and oxygen atoms in total. The van der Waals surface area contributed by atoms with Crippen LogP contribution in [0.3, 0.4) is 0 Å². The highest BCUT2D eigenvalue weighted by Crippen LogP contribution is 2.15. The van der Waals surface area contributed by atoms with E-state index in [0.717, 1.165) is 20.9 Å². The maximum atomic E-state index is 13.6. The zero-order valence-electron chi connectivity index (χ0n) is 25.7. The molecule has 4 amide bonds. The minimum atomic E-state index is -0.931. The third kappa shape index (κ3) is 11.9. The van der Waals surface area contributed by atoms with E-state index in [1.807, 2.05) is 60.7 Å². The van der Waals surface area contributed by atoms with Crippen molar-refractivity contribution in [3.8, 4) is 0 Å². The molecule has 3 atom stereocenters. The molecule has 0 aliphatic heterocycles. The lowest BCUT2D eigenvalue weighted by Gasteiger charge is -2.27. The molecule has 4 rings (SSSR count). The highest BCUT2D eigenvalue weighted by Gasteiger charge is 2.26.